The second-order valence-corrected chi connectivity index (χ2v) is 9.31. The number of thiocarbonyl (C=S) groups is 1. The van der Waals surface area contributed by atoms with E-state index in [1.165, 1.54) is 16.7 Å². The zero-order valence-corrected chi connectivity index (χ0v) is 20.0. The first kappa shape index (κ1) is 22.3. The van der Waals surface area contributed by atoms with Crippen molar-refractivity contribution in [2.24, 2.45) is 0 Å². The van der Waals surface area contributed by atoms with Crippen LogP contribution >= 0.6 is 24.0 Å². The van der Waals surface area contributed by atoms with Gasteiger partial charge in [0.15, 0.2) is 0 Å². The molecule has 0 N–H and O–H groups in total. The van der Waals surface area contributed by atoms with Gasteiger partial charge in [0.25, 0.3) is 5.91 Å². The van der Waals surface area contributed by atoms with Crippen molar-refractivity contribution in [1.82, 2.24) is 14.7 Å². The zero-order chi connectivity index (χ0) is 22.7. The van der Waals surface area contributed by atoms with Crippen molar-refractivity contribution in [3.63, 3.8) is 0 Å². The molecule has 7 heteroatoms. The van der Waals surface area contributed by atoms with E-state index in [4.69, 9.17) is 22.1 Å². The molecule has 1 aliphatic rings. The smallest absolute Gasteiger partial charge is 0.265 e. The lowest BCUT2D eigenvalue weighted by Crippen LogP contribution is -2.22. The molecule has 1 aromatic heterocycles. The molecular formula is C25H25N3O2S2. The summed E-state index contributed by atoms with van der Waals surface area (Å²) in [7, 11) is 1.70. The van der Waals surface area contributed by atoms with Crippen molar-refractivity contribution in [1.29, 1.82) is 0 Å². The molecular weight excluding hydrogens is 438 g/mol. The number of aryl methyl sites for hydroxylation is 1. The van der Waals surface area contributed by atoms with Gasteiger partial charge in [0, 0.05) is 24.4 Å². The van der Waals surface area contributed by atoms with Crippen LogP contribution in [-0.4, -0.2) is 38.6 Å². The maximum Gasteiger partial charge on any atom is 0.265 e. The van der Waals surface area contributed by atoms with Crippen molar-refractivity contribution in [3.8, 4) is 22.7 Å². The Kier molecular flexibility index (Phi) is 6.77. The Labute approximate surface area is 198 Å². The standard InChI is InChI=1S/C25H25N3O2S2/c1-4-5-13-30-20-11-12-21(17(2)14-20)23-18(15-22-24(29)27(3)25(31)32-22)16-28(26-23)19-9-7-6-8-10-19/h6-12,14-16H,4-5,13H2,1-3H3/b22-15-. The predicted molar refractivity (Wildman–Crippen MR) is 135 cm³/mol. The maximum absolute atomic E-state index is 12.6. The Bertz CT molecular complexity index is 1190. The normalized spacial score (nSPS) is 15.1. The average Bonchev–Trinajstić information content (AvgIpc) is 3.31. The molecule has 5 nitrogen and oxygen atoms in total. The molecule has 164 valence electrons. The molecule has 2 aromatic carbocycles. The molecule has 0 saturated carbocycles. The molecule has 2 heterocycles. The highest BCUT2D eigenvalue weighted by Gasteiger charge is 2.29. The van der Waals surface area contributed by atoms with Gasteiger partial charge in [-0.1, -0.05) is 55.5 Å². The molecule has 1 saturated heterocycles. The second-order valence-electron chi connectivity index (χ2n) is 7.63. The summed E-state index contributed by atoms with van der Waals surface area (Å²) in [6.45, 7) is 4.91. The van der Waals surface area contributed by atoms with Crippen LogP contribution in [0.2, 0.25) is 0 Å². The topological polar surface area (TPSA) is 47.4 Å². The van der Waals surface area contributed by atoms with E-state index in [1.54, 1.807) is 7.05 Å². The maximum atomic E-state index is 12.6. The lowest BCUT2D eigenvalue weighted by atomic mass is 10.0. The number of aromatic nitrogens is 2. The number of likely N-dealkylation sites (N-methyl/N-ethyl adjacent to an activating group) is 1. The molecule has 0 unspecified atom stereocenters. The fourth-order valence-electron chi connectivity index (χ4n) is 3.43. The number of nitrogens with zero attached hydrogens (tertiary/aromatic N) is 3. The summed E-state index contributed by atoms with van der Waals surface area (Å²) in [6, 6.07) is 16.0. The molecule has 1 aliphatic heterocycles. The van der Waals surface area contributed by atoms with Crippen molar-refractivity contribution in [2.75, 3.05) is 13.7 Å². The Hall–Kier alpha value is -2.90. The van der Waals surface area contributed by atoms with Crippen LogP contribution in [0.5, 0.6) is 5.75 Å². The quantitative estimate of drug-likeness (QED) is 0.250. The number of carbonyl (C=O) groups is 1. The van der Waals surface area contributed by atoms with Gasteiger partial charge in [-0.3, -0.25) is 9.69 Å². The van der Waals surface area contributed by atoms with Crippen LogP contribution in [0.3, 0.4) is 0 Å². The summed E-state index contributed by atoms with van der Waals surface area (Å²) in [6.07, 6.45) is 5.97. The van der Waals surface area contributed by atoms with Gasteiger partial charge < -0.3 is 4.74 Å². The van der Waals surface area contributed by atoms with Crippen LogP contribution in [0.4, 0.5) is 0 Å². The van der Waals surface area contributed by atoms with Gasteiger partial charge >= 0.3 is 0 Å². The summed E-state index contributed by atoms with van der Waals surface area (Å²) >= 11 is 6.61. The Balaban J connectivity index is 1.76. The van der Waals surface area contributed by atoms with Gasteiger partial charge in [-0.25, -0.2) is 4.68 Å². The minimum Gasteiger partial charge on any atom is -0.494 e. The van der Waals surface area contributed by atoms with Gasteiger partial charge in [0.05, 0.1) is 17.2 Å². The van der Waals surface area contributed by atoms with Crippen molar-refractivity contribution >= 4 is 40.3 Å². The Morgan fingerprint density at radius 1 is 1.19 bits per heavy atom. The van der Waals surface area contributed by atoms with Gasteiger partial charge in [0.1, 0.15) is 15.8 Å². The zero-order valence-electron chi connectivity index (χ0n) is 18.4. The minimum atomic E-state index is -0.0881. The number of carbonyl (C=O) groups excluding carboxylic acids is 1. The monoisotopic (exact) mass is 463 g/mol. The van der Waals surface area contributed by atoms with Crippen molar-refractivity contribution in [2.45, 2.75) is 26.7 Å². The van der Waals surface area contributed by atoms with Crippen LogP contribution in [0.25, 0.3) is 23.0 Å². The molecule has 3 aromatic rings. The van der Waals surface area contributed by atoms with E-state index >= 15 is 0 Å². The number of rotatable bonds is 7. The van der Waals surface area contributed by atoms with Crippen LogP contribution in [-0.2, 0) is 4.79 Å². The van der Waals surface area contributed by atoms with E-state index in [-0.39, 0.29) is 5.91 Å². The lowest BCUT2D eigenvalue weighted by Gasteiger charge is -2.09. The highest BCUT2D eigenvalue weighted by atomic mass is 32.2. The SMILES string of the molecule is CCCCOc1ccc(-c2nn(-c3ccccc3)cc2/C=C2\SC(=S)N(C)C2=O)c(C)c1. The van der Waals surface area contributed by atoms with E-state index in [0.717, 1.165) is 46.7 Å². The molecule has 32 heavy (non-hydrogen) atoms. The van der Waals surface area contributed by atoms with E-state index in [2.05, 4.69) is 13.8 Å². The number of hydrogen-bond donors (Lipinski definition) is 0. The first-order chi connectivity index (χ1) is 15.5. The summed E-state index contributed by atoms with van der Waals surface area (Å²) in [4.78, 5) is 14.7. The van der Waals surface area contributed by atoms with Crippen molar-refractivity contribution < 1.29 is 9.53 Å². The molecule has 0 spiro atoms. The number of para-hydroxylation sites is 1. The molecule has 0 aliphatic carbocycles. The summed E-state index contributed by atoms with van der Waals surface area (Å²) in [5, 5.41) is 4.89. The number of hydrogen-bond acceptors (Lipinski definition) is 5. The second kappa shape index (κ2) is 9.71. The third-order valence-corrected chi connectivity index (χ3v) is 6.74. The highest BCUT2D eigenvalue weighted by molar-refractivity contribution is 8.26. The van der Waals surface area contributed by atoms with Gasteiger partial charge in [-0.05, 0) is 55.3 Å². The fourth-order valence-corrected chi connectivity index (χ4v) is 4.60. The number of ether oxygens (including phenoxy) is 1. The number of thioether (sulfide) groups is 1. The summed E-state index contributed by atoms with van der Waals surface area (Å²) < 4.78 is 8.27. The molecule has 0 bridgehead atoms. The van der Waals surface area contributed by atoms with Crippen molar-refractivity contribution in [3.05, 3.63) is 70.8 Å². The Morgan fingerprint density at radius 3 is 2.62 bits per heavy atom. The van der Waals surface area contributed by atoms with Crippen LogP contribution < -0.4 is 4.74 Å². The van der Waals surface area contributed by atoms with Crippen LogP contribution in [0.1, 0.15) is 30.9 Å². The number of amides is 1. The van der Waals surface area contributed by atoms with Crippen LogP contribution in [0, 0.1) is 6.92 Å². The number of benzene rings is 2. The Morgan fingerprint density at radius 2 is 1.97 bits per heavy atom. The molecule has 0 atom stereocenters. The predicted octanol–water partition coefficient (Wildman–Crippen LogP) is 5.86. The van der Waals surface area contributed by atoms with Crippen LogP contribution in [0.15, 0.2) is 59.6 Å². The third-order valence-electron chi connectivity index (χ3n) is 5.26. The first-order valence-corrected chi connectivity index (χ1v) is 11.8. The molecule has 1 amide bonds. The van der Waals surface area contributed by atoms with E-state index in [1.807, 2.05) is 65.5 Å². The van der Waals surface area contributed by atoms with Gasteiger partial charge in [-0.2, -0.15) is 5.10 Å². The minimum absolute atomic E-state index is 0.0881. The molecule has 1 fully saturated rings. The van der Waals surface area contributed by atoms with E-state index < -0.39 is 0 Å². The third kappa shape index (κ3) is 4.64. The largest absolute Gasteiger partial charge is 0.494 e. The number of unbranched alkanes of at least 4 members (excludes halogenated alkanes) is 1. The van der Waals surface area contributed by atoms with Gasteiger partial charge in [-0.15, -0.1) is 0 Å². The van der Waals surface area contributed by atoms with E-state index in [0.29, 0.717) is 15.8 Å². The molecule has 4 rings (SSSR count). The first-order valence-electron chi connectivity index (χ1n) is 10.6. The fraction of sp³-hybridized carbons (Fsp3) is 0.240. The highest BCUT2D eigenvalue weighted by Crippen LogP contribution is 2.35. The van der Waals surface area contributed by atoms with E-state index in [9.17, 15) is 4.79 Å². The average molecular weight is 464 g/mol. The molecule has 0 radical (unpaired) electrons. The van der Waals surface area contributed by atoms with Gasteiger partial charge in [0.2, 0.25) is 0 Å². The lowest BCUT2D eigenvalue weighted by molar-refractivity contribution is -0.121. The summed E-state index contributed by atoms with van der Waals surface area (Å²) in [5.41, 5.74) is 4.70. The summed E-state index contributed by atoms with van der Waals surface area (Å²) in [5.74, 6) is 0.769.